The van der Waals surface area contributed by atoms with Crippen LogP contribution in [0.4, 0.5) is 0 Å². The lowest BCUT2D eigenvalue weighted by Gasteiger charge is -1.96. The first kappa shape index (κ1) is 11.3. The molecule has 0 aromatic heterocycles. The van der Waals surface area contributed by atoms with Crippen LogP contribution in [0.1, 0.15) is 6.92 Å². The van der Waals surface area contributed by atoms with Crippen LogP contribution in [-0.4, -0.2) is 11.3 Å². The Kier molecular flexibility index (Phi) is 7.97. The third-order valence-electron chi connectivity index (χ3n) is 0.504. The van der Waals surface area contributed by atoms with Crippen molar-refractivity contribution in [3.8, 4) is 0 Å². The molecule has 5 heteroatoms. The van der Waals surface area contributed by atoms with Gasteiger partial charge in [-0.2, -0.15) is 0 Å². The van der Waals surface area contributed by atoms with Gasteiger partial charge in [0, 0.05) is 0 Å². The molecule has 0 bridgehead atoms. The molecule has 0 aliphatic rings. The molecule has 1 N–H and O–H groups in total. The van der Waals surface area contributed by atoms with Gasteiger partial charge in [0.1, 0.15) is 0 Å². The van der Waals surface area contributed by atoms with Gasteiger partial charge in [-0.25, -0.2) is 4.84 Å². The summed E-state index contributed by atoms with van der Waals surface area (Å²) in [5.41, 5.74) is 0. The van der Waals surface area contributed by atoms with E-state index in [0.717, 1.165) is 0 Å². The van der Waals surface area contributed by atoms with Crippen molar-refractivity contribution >= 4 is 41.0 Å². The van der Waals surface area contributed by atoms with Crippen LogP contribution < -0.4 is 4.84 Å². The Balaban J connectivity index is 0. The number of nitrogens with one attached hydrogen (secondary N) is 1. The summed E-state index contributed by atoms with van der Waals surface area (Å²) in [6.45, 7) is 1.57. The third-order valence-corrected chi connectivity index (χ3v) is 1.16. The summed E-state index contributed by atoms with van der Waals surface area (Å²) in [5.74, 6) is 0. The lowest BCUT2D eigenvalue weighted by Crippen LogP contribution is -2.22. The lowest BCUT2D eigenvalue weighted by molar-refractivity contribution is -0.112. The summed E-state index contributed by atoms with van der Waals surface area (Å²) < 4.78 is 0. The molecule has 0 saturated carbocycles. The molecular formula is C3H6Cl3NO. The zero-order valence-electron chi connectivity index (χ0n) is 4.15. The second-order valence-corrected chi connectivity index (χ2v) is 1.73. The molecule has 0 aromatic carbocycles. The number of rotatable bonds is 2. The van der Waals surface area contributed by atoms with Crippen LogP contribution in [0.3, 0.4) is 0 Å². The van der Waals surface area contributed by atoms with Gasteiger partial charge in [0.25, 0.3) is 0 Å². The molecular weight excluding hydrogens is 172 g/mol. The van der Waals surface area contributed by atoms with Gasteiger partial charge < -0.3 is 0 Å². The number of carbonyl (C=O) groups excluding carboxylic acids is 1. The van der Waals surface area contributed by atoms with Gasteiger partial charge in [0.05, 0.1) is 6.04 Å². The van der Waals surface area contributed by atoms with E-state index in [0.29, 0.717) is 0 Å². The highest BCUT2D eigenvalue weighted by atomic mass is 35.5. The molecule has 0 unspecified atom stereocenters. The minimum atomic E-state index is -0.477. The Bertz CT molecular complexity index is 76.9. The maximum atomic E-state index is 9.99. The quantitative estimate of drug-likeness (QED) is 0.510. The summed E-state index contributed by atoms with van der Waals surface area (Å²) in [4.78, 5) is 12.1. The van der Waals surface area contributed by atoms with Crippen molar-refractivity contribution in [2.45, 2.75) is 13.0 Å². The smallest absolute Gasteiger partial charge is 0.239 e. The van der Waals surface area contributed by atoms with Crippen molar-refractivity contribution in [3.63, 3.8) is 0 Å². The molecule has 0 aliphatic carbocycles. The van der Waals surface area contributed by atoms with Crippen molar-refractivity contribution < 1.29 is 4.79 Å². The highest BCUT2D eigenvalue weighted by Crippen LogP contribution is 1.88. The number of halogens is 3. The SMILES string of the molecule is C[C@H](NCl)C(=O)Cl.Cl. The van der Waals surface area contributed by atoms with E-state index in [1.807, 2.05) is 0 Å². The molecule has 0 aliphatic heterocycles. The van der Waals surface area contributed by atoms with Crippen LogP contribution in [0.15, 0.2) is 0 Å². The van der Waals surface area contributed by atoms with Gasteiger partial charge in [-0.1, -0.05) is 0 Å². The van der Waals surface area contributed by atoms with Gasteiger partial charge in [0.15, 0.2) is 0 Å². The molecule has 0 amide bonds. The Morgan fingerprint density at radius 3 is 2.12 bits per heavy atom. The zero-order valence-corrected chi connectivity index (χ0v) is 6.48. The fraction of sp³-hybridized carbons (Fsp3) is 0.667. The van der Waals surface area contributed by atoms with E-state index in [4.69, 9.17) is 23.4 Å². The standard InChI is InChI=1S/C3H5Cl2NO.ClH/c1-2(6-5)3(4)7;/h2,6H,1H3;1H/t2-;/m0./s1. The van der Waals surface area contributed by atoms with Crippen molar-refractivity contribution in [1.29, 1.82) is 0 Å². The number of hydrogen-bond acceptors (Lipinski definition) is 2. The number of carbonyl (C=O) groups is 1. The summed E-state index contributed by atoms with van der Waals surface area (Å²) in [5, 5.41) is -0.477. The Hall–Kier alpha value is 0.500. The van der Waals surface area contributed by atoms with Gasteiger partial charge >= 0.3 is 0 Å². The van der Waals surface area contributed by atoms with Crippen LogP contribution >= 0.6 is 35.8 Å². The van der Waals surface area contributed by atoms with E-state index in [-0.39, 0.29) is 12.4 Å². The van der Waals surface area contributed by atoms with E-state index in [1.165, 1.54) is 0 Å². The van der Waals surface area contributed by atoms with E-state index in [2.05, 4.69) is 4.84 Å². The van der Waals surface area contributed by atoms with Crippen LogP contribution in [0.5, 0.6) is 0 Å². The van der Waals surface area contributed by atoms with Crippen LogP contribution in [0.25, 0.3) is 0 Å². The van der Waals surface area contributed by atoms with Crippen LogP contribution in [0, 0.1) is 0 Å². The molecule has 0 rings (SSSR count). The molecule has 0 aromatic rings. The molecule has 0 radical (unpaired) electrons. The van der Waals surface area contributed by atoms with Crippen LogP contribution in [-0.2, 0) is 4.79 Å². The van der Waals surface area contributed by atoms with Gasteiger partial charge in [0.2, 0.25) is 5.24 Å². The first-order valence-corrected chi connectivity index (χ1v) is 2.49. The molecule has 50 valence electrons. The molecule has 0 fully saturated rings. The van der Waals surface area contributed by atoms with E-state index >= 15 is 0 Å². The summed E-state index contributed by atoms with van der Waals surface area (Å²) in [6, 6.07) is -0.455. The first-order chi connectivity index (χ1) is 3.18. The van der Waals surface area contributed by atoms with E-state index in [9.17, 15) is 4.79 Å². The predicted octanol–water partition coefficient (Wildman–Crippen LogP) is 1.31. The predicted molar refractivity (Wildman–Crippen MR) is 36.6 cm³/mol. The highest BCUT2D eigenvalue weighted by molar-refractivity contribution is 6.64. The maximum Gasteiger partial charge on any atom is 0.239 e. The fourth-order valence-corrected chi connectivity index (χ4v) is 0.252. The molecule has 0 heterocycles. The summed E-state index contributed by atoms with van der Waals surface area (Å²) in [6.07, 6.45) is 0. The van der Waals surface area contributed by atoms with Crippen molar-refractivity contribution in [2.24, 2.45) is 0 Å². The molecule has 0 spiro atoms. The van der Waals surface area contributed by atoms with Crippen molar-refractivity contribution in [1.82, 2.24) is 4.84 Å². The molecule has 0 saturated heterocycles. The second-order valence-electron chi connectivity index (χ2n) is 1.13. The minimum Gasteiger partial charge on any atom is -0.279 e. The Morgan fingerprint density at radius 2 is 2.12 bits per heavy atom. The normalized spacial score (nSPS) is 11.9. The minimum absolute atomic E-state index is 0. The Morgan fingerprint density at radius 1 is 1.75 bits per heavy atom. The fourth-order valence-electron chi connectivity index (χ4n) is 0.0429. The van der Waals surface area contributed by atoms with E-state index in [1.54, 1.807) is 6.92 Å². The van der Waals surface area contributed by atoms with Gasteiger partial charge in [-0.05, 0) is 30.3 Å². The van der Waals surface area contributed by atoms with E-state index < -0.39 is 11.3 Å². The van der Waals surface area contributed by atoms with Crippen molar-refractivity contribution in [3.05, 3.63) is 0 Å². The monoisotopic (exact) mass is 177 g/mol. The van der Waals surface area contributed by atoms with Gasteiger partial charge in [-0.15, -0.1) is 12.4 Å². The van der Waals surface area contributed by atoms with Crippen LogP contribution in [0.2, 0.25) is 0 Å². The lowest BCUT2D eigenvalue weighted by atomic mass is 10.4. The summed E-state index contributed by atoms with van der Waals surface area (Å²) in [7, 11) is 0. The second kappa shape index (κ2) is 5.63. The highest BCUT2D eigenvalue weighted by Gasteiger charge is 2.04. The molecule has 8 heavy (non-hydrogen) atoms. The maximum absolute atomic E-state index is 9.99. The van der Waals surface area contributed by atoms with Crippen molar-refractivity contribution in [2.75, 3.05) is 0 Å². The molecule has 1 atom stereocenters. The Labute approximate surface area is 64.1 Å². The largest absolute Gasteiger partial charge is 0.279 e. The van der Waals surface area contributed by atoms with Gasteiger partial charge in [-0.3, -0.25) is 4.79 Å². The molecule has 2 nitrogen and oxygen atoms in total. The topological polar surface area (TPSA) is 29.1 Å². The first-order valence-electron chi connectivity index (χ1n) is 1.74. The average molecular weight is 178 g/mol. The third kappa shape index (κ3) is 4.65. The average Bonchev–Trinajstić information content (AvgIpc) is 1.65. The number of hydrogen-bond donors (Lipinski definition) is 1. The zero-order chi connectivity index (χ0) is 5.86. The summed E-state index contributed by atoms with van der Waals surface area (Å²) >= 11 is 9.93.